The first-order valence-corrected chi connectivity index (χ1v) is 12.5. The molecule has 1 aliphatic heterocycles. The number of halogens is 1. The highest BCUT2D eigenvalue weighted by Gasteiger charge is 2.36. The van der Waals surface area contributed by atoms with Gasteiger partial charge in [0.05, 0.1) is 17.3 Å². The molecule has 1 aromatic heterocycles. The zero-order valence-electron chi connectivity index (χ0n) is 20.5. The van der Waals surface area contributed by atoms with Gasteiger partial charge >= 0.3 is 6.03 Å². The summed E-state index contributed by atoms with van der Waals surface area (Å²) in [6, 6.07) is 22.9. The van der Waals surface area contributed by atoms with Crippen molar-refractivity contribution in [1.82, 2.24) is 15.5 Å². The molecule has 0 saturated heterocycles. The molecule has 182 valence electrons. The summed E-state index contributed by atoms with van der Waals surface area (Å²) < 4.78 is 5.78. The Morgan fingerprint density at radius 1 is 0.917 bits per heavy atom. The Labute approximate surface area is 215 Å². The van der Waals surface area contributed by atoms with E-state index in [0.717, 1.165) is 40.9 Å². The molecular weight excluding hydrogens is 472 g/mol. The van der Waals surface area contributed by atoms with Crippen molar-refractivity contribution >= 4 is 28.9 Å². The van der Waals surface area contributed by atoms with E-state index in [9.17, 15) is 4.79 Å². The van der Waals surface area contributed by atoms with Crippen LogP contribution in [-0.2, 0) is 12.8 Å². The summed E-state index contributed by atoms with van der Waals surface area (Å²) in [6.07, 6.45) is 1.87. The van der Waals surface area contributed by atoms with Crippen LogP contribution in [-0.4, -0.2) is 16.2 Å². The number of rotatable bonds is 6. The van der Waals surface area contributed by atoms with Gasteiger partial charge in [0.1, 0.15) is 0 Å². The topological polar surface area (TPSA) is 71.3 Å². The first-order chi connectivity index (χ1) is 17.5. The molecule has 1 N–H and O–H groups in total. The molecule has 0 fully saturated rings. The third-order valence-electron chi connectivity index (χ3n) is 6.57. The molecule has 1 aliphatic rings. The van der Waals surface area contributed by atoms with Crippen LogP contribution in [0.15, 0.2) is 83.0 Å². The number of hydrogen-bond acceptors (Lipinski definition) is 4. The lowest BCUT2D eigenvalue weighted by atomic mass is 9.93. The molecule has 4 aromatic rings. The van der Waals surface area contributed by atoms with Gasteiger partial charge in [-0.15, -0.1) is 0 Å². The molecule has 7 heteroatoms. The lowest BCUT2D eigenvalue weighted by Crippen LogP contribution is -2.46. The fourth-order valence-corrected chi connectivity index (χ4v) is 4.58. The monoisotopic (exact) mass is 498 g/mol. The van der Waals surface area contributed by atoms with E-state index in [0.29, 0.717) is 16.7 Å². The van der Waals surface area contributed by atoms with E-state index in [1.165, 1.54) is 11.1 Å². The highest BCUT2D eigenvalue weighted by Crippen LogP contribution is 2.39. The molecule has 2 amide bonds. The van der Waals surface area contributed by atoms with Crippen molar-refractivity contribution in [2.45, 2.75) is 39.7 Å². The third-order valence-corrected chi connectivity index (χ3v) is 6.82. The van der Waals surface area contributed by atoms with Gasteiger partial charge < -0.3 is 9.84 Å². The first kappa shape index (κ1) is 23.8. The van der Waals surface area contributed by atoms with Gasteiger partial charge in [-0.05, 0) is 72.9 Å². The minimum Gasteiger partial charge on any atom is -0.334 e. The fraction of sp³-hybridized carbons (Fsp3) is 0.207. The zero-order valence-corrected chi connectivity index (χ0v) is 21.2. The zero-order chi connectivity index (χ0) is 25.2. The predicted octanol–water partition coefficient (Wildman–Crippen LogP) is 7.22. The quantitative estimate of drug-likeness (QED) is 0.304. The predicted molar refractivity (Wildman–Crippen MR) is 143 cm³/mol. The van der Waals surface area contributed by atoms with E-state index in [1.807, 2.05) is 55.5 Å². The molecule has 1 atom stereocenters. The maximum absolute atomic E-state index is 13.4. The lowest BCUT2D eigenvalue weighted by Gasteiger charge is -2.35. The number of nitrogens with one attached hydrogen (secondary N) is 1. The summed E-state index contributed by atoms with van der Waals surface area (Å²) in [5.41, 5.74) is 6.44. The average Bonchev–Trinajstić information content (AvgIpc) is 3.39. The molecule has 5 rings (SSSR count). The minimum absolute atomic E-state index is 0.206. The largest absolute Gasteiger partial charge is 0.334 e. The van der Waals surface area contributed by atoms with Gasteiger partial charge in [-0.3, -0.25) is 4.90 Å². The van der Waals surface area contributed by atoms with Crippen LogP contribution in [0.4, 0.5) is 10.5 Å². The molecule has 2 heterocycles. The number of carbonyl (C=O) groups excluding carboxylic acids is 1. The van der Waals surface area contributed by atoms with Crippen molar-refractivity contribution in [3.63, 3.8) is 0 Å². The molecule has 0 radical (unpaired) electrons. The summed E-state index contributed by atoms with van der Waals surface area (Å²) in [4.78, 5) is 19.8. The smallest absolute Gasteiger partial charge is 0.326 e. The van der Waals surface area contributed by atoms with E-state index < -0.39 is 6.04 Å². The van der Waals surface area contributed by atoms with Gasteiger partial charge in [-0.25, -0.2) is 4.79 Å². The van der Waals surface area contributed by atoms with E-state index in [4.69, 9.17) is 21.1 Å². The summed E-state index contributed by atoms with van der Waals surface area (Å²) in [6.45, 7) is 6.14. The number of anilines is 1. The number of hydrogen-bond donors (Lipinski definition) is 1. The molecule has 0 aliphatic carbocycles. The van der Waals surface area contributed by atoms with E-state index in [2.05, 4.69) is 36.5 Å². The normalized spacial score (nSPS) is 15.8. The van der Waals surface area contributed by atoms with E-state index in [-0.39, 0.29) is 6.03 Å². The third kappa shape index (κ3) is 4.52. The second-order valence-electron chi connectivity index (χ2n) is 8.76. The van der Waals surface area contributed by atoms with Crippen LogP contribution in [0, 0.1) is 0 Å². The molecule has 0 saturated carbocycles. The molecule has 0 spiro atoms. The lowest BCUT2D eigenvalue weighted by molar-refractivity contribution is 0.244. The Hall–Kier alpha value is -3.90. The molecular formula is C29H27ClN4O2. The van der Waals surface area contributed by atoms with Gasteiger partial charge in [-0.2, -0.15) is 4.98 Å². The molecule has 0 bridgehead atoms. The fourth-order valence-electron chi connectivity index (χ4n) is 4.46. The summed E-state index contributed by atoms with van der Waals surface area (Å²) in [5, 5.41) is 8.03. The molecule has 3 aromatic carbocycles. The van der Waals surface area contributed by atoms with Crippen molar-refractivity contribution < 1.29 is 9.32 Å². The summed E-state index contributed by atoms with van der Waals surface area (Å²) in [7, 11) is 0. The van der Waals surface area contributed by atoms with Crippen LogP contribution in [0.3, 0.4) is 0 Å². The summed E-state index contributed by atoms with van der Waals surface area (Å²) >= 11 is 6.04. The van der Waals surface area contributed by atoms with Gasteiger partial charge in [0.25, 0.3) is 5.89 Å². The number of aromatic nitrogens is 2. The van der Waals surface area contributed by atoms with Crippen LogP contribution in [0.1, 0.15) is 49.4 Å². The Balaban J connectivity index is 1.62. The van der Waals surface area contributed by atoms with E-state index in [1.54, 1.807) is 17.0 Å². The Kier molecular flexibility index (Phi) is 6.61. The van der Waals surface area contributed by atoms with E-state index >= 15 is 0 Å². The van der Waals surface area contributed by atoms with Crippen LogP contribution in [0.25, 0.3) is 17.0 Å². The molecule has 6 nitrogen and oxygen atoms in total. The van der Waals surface area contributed by atoms with Crippen molar-refractivity contribution in [3.05, 3.63) is 106 Å². The van der Waals surface area contributed by atoms with Gasteiger partial charge in [0, 0.05) is 16.3 Å². The Morgan fingerprint density at radius 2 is 1.53 bits per heavy atom. The number of carbonyl (C=O) groups is 1. The highest BCUT2D eigenvalue weighted by molar-refractivity contribution is 6.30. The number of urea groups is 1. The number of aryl methyl sites for hydroxylation is 2. The van der Waals surface area contributed by atoms with Crippen molar-refractivity contribution in [2.75, 3.05) is 4.90 Å². The molecule has 1 unspecified atom stereocenters. The van der Waals surface area contributed by atoms with Crippen molar-refractivity contribution in [1.29, 1.82) is 0 Å². The highest BCUT2D eigenvalue weighted by atomic mass is 35.5. The van der Waals surface area contributed by atoms with Gasteiger partial charge in [0.15, 0.2) is 0 Å². The first-order valence-electron chi connectivity index (χ1n) is 12.1. The number of nitrogens with zero attached hydrogens (tertiary/aromatic N) is 3. The van der Waals surface area contributed by atoms with Crippen LogP contribution < -0.4 is 10.2 Å². The van der Waals surface area contributed by atoms with Crippen LogP contribution in [0.2, 0.25) is 5.02 Å². The summed E-state index contributed by atoms with van der Waals surface area (Å²) in [5.74, 6) is 0.815. The van der Waals surface area contributed by atoms with Crippen molar-refractivity contribution in [3.8, 4) is 11.4 Å². The Bertz CT molecular complexity index is 1410. The SMILES string of the molecule is CCc1ccc(C2NC(=O)N(c3ccc(CC)cc3)C(C)=C2c2nc(-c3ccc(Cl)cc3)no2)cc1. The van der Waals surface area contributed by atoms with Crippen LogP contribution >= 0.6 is 11.6 Å². The van der Waals surface area contributed by atoms with Gasteiger partial charge in [-0.1, -0.05) is 67.0 Å². The maximum atomic E-state index is 13.4. The number of amides is 2. The number of benzene rings is 3. The van der Waals surface area contributed by atoms with Gasteiger partial charge in [0.2, 0.25) is 5.82 Å². The molecule has 36 heavy (non-hydrogen) atoms. The standard InChI is InChI=1S/C29H27ClN4O2/c1-4-19-6-10-21(11-7-19)26-25(28-32-27(33-36-28)22-12-14-23(30)15-13-22)18(3)34(29(35)31-26)24-16-8-20(5-2)9-17-24/h6-17,26H,4-5H2,1-3H3,(H,31,35). The van der Waals surface area contributed by atoms with Crippen molar-refractivity contribution in [2.24, 2.45) is 0 Å². The second-order valence-corrected chi connectivity index (χ2v) is 9.20. The Morgan fingerprint density at radius 3 is 2.14 bits per heavy atom. The maximum Gasteiger partial charge on any atom is 0.326 e. The second kappa shape index (κ2) is 9.99. The average molecular weight is 499 g/mol. The van der Waals surface area contributed by atoms with Crippen LogP contribution in [0.5, 0.6) is 0 Å². The number of allylic oxidation sites excluding steroid dienone is 1. The minimum atomic E-state index is -0.437.